The Hall–Kier alpha value is -2.64. The van der Waals surface area contributed by atoms with Gasteiger partial charge in [-0.2, -0.15) is 4.31 Å². The normalized spacial score (nSPS) is 17.5. The Kier molecular flexibility index (Phi) is 6.67. The number of carbonyl (C=O) groups excluding carboxylic acids is 1. The maximum atomic E-state index is 13.3. The molecule has 1 fully saturated rings. The predicted octanol–water partition coefficient (Wildman–Crippen LogP) is 3.73. The molecule has 4 rings (SSSR count). The van der Waals surface area contributed by atoms with Crippen LogP contribution in [0.15, 0.2) is 59.6 Å². The molecule has 32 heavy (non-hydrogen) atoms. The summed E-state index contributed by atoms with van der Waals surface area (Å²) in [5, 5.41) is 3.92. The first kappa shape index (κ1) is 22.6. The second-order valence-corrected chi connectivity index (χ2v) is 10.4. The van der Waals surface area contributed by atoms with Crippen LogP contribution in [0.25, 0.3) is 10.9 Å². The second kappa shape index (κ2) is 9.46. The largest absolute Gasteiger partial charge is 0.355 e. The van der Waals surface area contributed by atoms with Gasteiger partial charge in [0.25, 0.3) is 0 Å². The van der Waals surface area contributed by atoms with Crippen molar-refractivity contribution in [2.45, 2.75) is 44.6 Å². The Morgan fingerprint density at radius 1 is 1.16 bits per heavy atom. The van der Waals surface area contributed by atoms with E-state index in [0.29, 0.717) is 30.8 Å². The summed E-state index contributed by atoms with van der Waals surface area (Å²) >= 11 is 0. The fraction of sp³-hybridized carbons (Fsp3) is 0.400. The Morgan fingerprint density at radius 3 is 2.75 bits per heavy atom. The van der Waals surface area contributed by atoms with E-state index in [4.69, 9.17) is 0 Å². The van der Waals surface area contributed by atoms with Crippen molar-refractivity contribution in [3.05, 3.63) is 65.9 Å². The minimum absolute atomic E-state index is 0.0611. The maximum Gasteiger partial charge on any atom is 0.243 e. The van der Waals surface area contributed by atoms with Crippen molar-refractivity contribution < 1.29 is 13.2 Å². The van der Waals surface area contributed by atoms with Crippen LogP contribution in [0.3, 0.4) is 0 Å². The average Bonchev–Trinajstić information content (AvgIpc) is 3.23. The van der Waals surface area contributed by atoms with Crippen LogP contribution in [0.1, 0.15) is 30.9 Å². The SMILES string of the molecule is CCn1ccc2cc(S(=O)(=O)N3CCC[C@@H](C(=O)NCCc4ccccc4C)C3)ccc21. The van der Waals surface area contributed by atoms with E-state index < -0.39 is 10.0 Å². The van der Waals surface area contributed by atoms with E-state index in [1.165, 1.54) is 15.4 Å². The quantitative estimate of drug-likeness (QED) is 0.593. The van der Waals surface area contributed by atoms with Crippen LogP contribution >= 0.6 is 0 Å². The summed E-state index contributed by atoms with van der Waals surface area (Å²) in [6, 6.07) is 15.4. The molecular formula is C25H31N3O3S. The summed E-state index contributed by atoms with van der Waals surface area (Å²) in [5.41, 5.74) is 3.45. The first-order valence-corrected chi connectivity index (χ1v) is 12.8. The average molecular weight is 454 g/mol. The Morgan fingerprint density at radius 2 is 1.97 bits per heavy atom. The lowest BCUT2D eigenvalue weighted by atomic mass is 9.98. The van der Waals surface area contributed by atoms with Crippen molar-refractivity contribution in [1.29, 1.82) is 0 Å². The molecule has 1 aliphatic heterocycles. The molecule has 1 atom stereocenters. The fourth-order valence-electron chi connectivity index (χ4n) is 4.49. The molecule has 3 aromatic rings. The van der Waals surface area contributed by atoms with Crippen LogP contribution in [-0.2, 0) is 27.8 Å². The molecule has 1 aromatic heterocycles. The molecule has 0 aliphatic carbocycles. The zero-order chi connectivity index (χ0) is 22.7. The number of benzene rings is 2. The Balaban J connectivity index is 1.41. The Labute approximate surface area is 190 Å². The summed E-state index contributed by atoms with van der Waals surface area (Å²) in [6.45, 7) is 6.19. The van der Waals surface area contributed by atoms with Gasteiger partial charge in [0.1, 0.15) is 0 Å². The highest BCUT2D eigenvalue weighted by Crippen LogP contribution is 2.27. The van der Waals surface area contributed by atoms with E-state index in [-0.39, 0.29) is 18.4 Å². The highest BCUT2D eigenvalue weighted by Gasteiger charge is 2.33. The van der Waals surface area contributed by atoms with Crippen LogP contribution in [0.2, 0.25) is 0 Å². The first-order valence-electron chi connectivity index (χ1n) is 11.3. The molecule has 170 valence electrons. The van der Waals surface area contributed by atoms with Crippen LogP contribution < -0.4 is 5.32 Å². The summed E-state index contributed by atoms with van der Waals surface area (Å²) in [4.78, 5) is 13.0. The van der Waals surface area contributed by atoms with E-state index in [9.17, 15) is 13.2 Å². The van der Waals surface area contributed by atoms with Gasteiger partial charge in [0.2, 0.25) is 15.9 Å². The van der Waals surface area contributed by atoms with Gasteiger partial charge in [0.15, 0.2) is 0 Å². The van der Waals surface area contributed by atoms with E-state index in [2.05, 4.69) is 35.9 Å². The summed E-state index contributed by atoms with van der Waals surface area (Å²) in [7, 11) is -3.64. The molecule has 1 aliphatic rings. The lowest BCUT2D eigenvalue weighted by Gasteiger charge is -2.31. The Bertz CT molecular complexity index is 1220. The number of hydrogen-bond acceptors (Lipinski definition) is 3. The van der Waals surface area contributed by atoms with Crippen molar-refractivity contribution in [1.82, 2.24) is 14.2 Å². The number of nitrogens with one attached hydrogen (secondary N) is 1. The van der Waals surface area contributed by atoms with E-state index >= 15 is 0 Å². The van der Waals surface area contributed by atoms with Gasteiger partial charge in [0, 0.05) is 43.3 Å². The number of nitrogens with zero attached hydrogens (tertiary/aromatic N) is 2. The molecule has 2 aromatic carbocycles. The minimum atomic E-state index is -3.64. The zero-order valence-corrected chi connectivity index (χ0v) is 19.6. The van der Waals surface area contributed by atoms with Crippen LogP contribution in [-0.4, -0.2) is 42.8 Å². The molecule has 7 heteroatoms. The number of aryl methyl sites for hydroxylation is 2. The molecular weight excluding hydrogens is 422 g/mol. The van der Waals surface area contributed by atoms with E-state index in [1.807, 2.05) is 30.5 Å². The van der Waals surface area contributed by atoms with Crippen LogP contribution in [0.4, 0.5) is 0 Å². The number of fused-ring (bicyclic) bond motifs is 1. The molecule has 0 spiro atoms. The minimum Gasteiger partial charge on any atom is -0.355 e. The summed E-state index contributed by atoms with van der Waals surface area (Å²) < 4.78 is 30.2. The monoisotopic (exact) mass is 453 g/mol. The first-order chi connectivity index (χ1) is 15.4. The van der Waals surface area contributed by atoms with Crippen molar-refractivity contribution >= 4 is 26.8 Å². The van der Waals surface area contributed by atoms with Crippen LogP contribution in [0.5, 0.6) is 0 Å². The lowest BCUT2D eigenvalue weighted by Crippen LogP contribution is -2.45. The second-order valence-electron chi connectivity index (χ2n) is 8.49. The van der Waals surface area contributed by atoms with Gasteiger partial charge >= 0.3 is 0 Å². The number of carbonyl (C=O) groups is 1. The van der Waals surface area contributed by atoms with Gasteiger partial charge in [-0.1, -0.05) is 24.3 Å². The number of aromatic nitrogens is 1. The number of amides is 1. The topological polar surface area (TPSA) is 71.4 Å². The molecule has 1 amide bonds. The van der Waals surface area contributed by atoms with Crippen LogP contribution in [0, 0.1) is 12.8 Å². The smallest absolute Gasteiger partial charge is 0.243 e. The fourth-order valence-corrected chi connectivity index (χ4v) is 6.05. The van der Waals surface area contributed by atoms with Gasteiger partial charge in [-0.25, -0.2) is 8.42 Å². The highest BCUT2D eigenvalue weighted by molar-refractivity contribution is 7.89. The van der Waals surface area contributed by atoms with Crippen molar-refractivity contribution in [3.8, 4) is 0 Å². The van der Waals surface area contributed by atoms with Gasteiger partial charge in [0.05, 0.1) is 10.8 Å². The molecule has 0 unspecified atom stereocenters. The molecule has 0 saturated carbocycles. The zero-order valence-electron chi connectivity index (χ0n) is 18.8. The van der Waals surface area contributed by atoms with Gasteiger partial charge < -0.3 is 9.88 Å². The number of rotatable bonds is 7. The standard InChI is InChI=1S/C25H31N3O3S/c1-3-27-16-13-21-17-23(10-11-24(21)27)32(30,31)28-15-6-9-22(18-28)25(29)26-14-12-20-8-5-4-7-19(20)2/h4-5,7-8,10-11,13,16-17,22H,3,6,9,12,14-15,18H2,1-2H3,(H,26,29)/t22-/m1/s1. The van der Waals surface area contributed by atoms with E-state index in [1.54, 1.807) is 12.1 Å². The number of piperidine rings is 1. The highest BCUT2D eigenvalue weighted by atomic mass is 32.2. The van der Waals surface area contributed by atoms with Crippen molar-refractivity contribution in [2.75, 3.05) is 19.6 Å². The number of sulfonamides is 1. The van der Waals surface area contributed by atoms with Gasteiger partial charge in [-0.3, -0.25) is 4.79 Å². The van der Waals surface area contributed by atoms with Crippen molar-refractivity contribution in [3.63, 3.8) is 0 Å². The summed E-state index contributed by atoms with van der Waals surface area (Å²) in [6.07, 6.45) is 4.13. The van der Waals surface area contributed by atoms with Gasteiger partial charge in [-0.15, -0.1) is 0 Å². The molecule has 1 saturated heterocycles. The third-order valence-electron chi connectivity index (χ3n) is 6.43. The molecule has 6 nitrogen and oxygen atoms in total. The predicted molar refractivity (Wildman–Crippen MR) is 127 cm³/mol. The molecule has 0 radical (unpaired) electrons. The third kappa shape index (κ3) is 4.59. The van der Waals surface area contributed by atoms with Crippen molar-refractivity contribution in [2.24, 2.45) is 5.92 Å². The maximum absolute atomic E-state index is 13.3. The lowest BCUT2D eigenvalue weighted by molar-refractivity contribution is -0.126. The van der Waals surface area contributed by atoms with Gasteiger partial charge in [-0.05, 0) is 68.5 Å². The third-order valence-corrected chi connectivity index (χ3v) is 8.29. The molecule has 0 bridgehead atoms. The molecule has 1 N–H and O–H groups in total. The molecule has 2 heterocycles. The van der Waals surface area contributed by atoms with E-state index in [0.717, 1.165) is 23.9 Å². The number of hydrogen-bond donors (Lipinski definition) is 1. The summed E-state index contributed by atoms with van der Waals surface area (Å²) in [5.74, 6) is -0.380.